The number of nitrogens with one attached hydrogen (secondary N) is 1. The number of rotatable bonds is 4. The molecule has 1 aliphatic carbocycles. The van der Waals surface area contributed by atoms with Crippen molar-refractivity contribution in [2.24, 2.45) is 5.92 Å². The molecule has 0 spiro atoms. The molecule has 4 rings (SSSR count). The van der Waals surface area contributed by atoms with Crippen LogP contribution in [0, 0.1) is 5.92 Å². The van der Waals surface area contributed by atoms with E-state index < -0.39 is 5.60 Å². The van der Waals surface area contributed by atoms with Gasteiger partial charge in [-0.25, -0.2) is 0 Å². The highest BCUT2D eigenvalue weighted by atomic mass is 16.3. The van der Waals surface area contributed by atoms with Crippen LogP contribution in [0.15, 0.2) is 36.5 Å². The van der Waals surface area contributed by atoms with Crippen LogP contribution >= 0.6 is 0 Å². The second-order valence-corrected chi connectivity index (χ2v) is 7.45. The molecule has 0 radical (unpaired) electrons. The predicted octanol–water partition coefficient (Wildman–Crippen LogP) is 2.20. The van der Waals surface area contributed by atoms with Gasteiger partial charge in [0.05, 0.1) is 12.7 Å². The highest BCUT2D eigenvalue weighted by Crippen LogP contribution is 2.43. The topological polar surface area (TPSA) is 82.1 Å². The number of carbonyl (C=O) groups is 1. The second kappa shape index (κ2) is 6.59. The van der Waals surface area contributed by atoms with Gasteiger partial charge in [-0.15, -0.1) is 0 Å². The number of aromatic nitrogens is 3. The fraction of sp³-hybridized carbons (Fsp3) is 0.526. The largest absolute Gasteiger partial charge is 0.382 e. The number of nitrogens with zero attached hydrogens (tertiary/aromatic N) is 3. The number of amides is 1. The van der Waals surface area contributed by atoms with Crippen molar-refractivity contribution in [1.82, 2.24) is 20.3 Å². The van der Waals surface area contributed by atoms with Crippen LogP contribution in [0.4, 0.5) is 0 Å². The third-order valence-corrected chi connectivity index (χ3v) is 5.69. The highest BCUT2D eigenvalue weighted by molar-refractivity contribution is 5.76. The first-order chi connectivity index (χ1) is 12.1. The van der Waals surface area contributed by atoms with Crippen LogP contribution in [0.1, 0.15) is 49.3 Å². The molecule has 0 unspecified atom stereocenters. The van der Waals surface area contributed by atoms with E-state index in [-0.39, 0.29) is 5.91 Å². The van der Waals surface area contributed by atoms with E-state index in [9.17, 15) is 9.90 Å². The molecule has 132 valence electrons. The monoisotopic (exact) mass is 340 g/mol. The average Bonchev–Trinajstić information content (AvgIpc) is 3.14. The number of hydrogen-bond acceptors (Lipinski definition) is 4. The van der Waals surface area contributed by atoms with Crippen LogP contribution in [0.5, 0.6) is 0 Å². The van der Waals surface area contributed by atoms with E-state index in [0.717, 1.165) is 19.3 Å². The Hall–Kier alpha value is -2.21. The molecule has 25 heavy (non-hydrogen) atoms. The van der Waals surface area contributed by atoms with Crippen molar-refractivity contribution in [3.05, 3.63) is 47.8 Å². The normalized spacial score (nSPS) is 29.2. The first-order valence-electron chi connectivity index (χ1n) is 9.05. The number of aromatic amines is 1. The van der Waals surface area contributed by atoms with Gasteiger partial charge in [0.1, 0.15) is 11.3 Å². The zero-order chi connectivity index (χ0) is 17.3. The number of hydrogen-bond donors (Lipinski definition) is 2. The maximum Gasteiger partial charge on any atom is 0.222 e. The third kappa shape index (κ3) is 3.31. The summed E-state index contributed by atoms with van der Waals surface area (Å²) in [5, 5.41) is 21.2. The molecule has 2 N–H and O–H groups in total. The van der Waals surface area contributed by atoms with Gasteiger partial charge < -0.3 is 10.0 Å². The maximum absolute atomic E-state index is 12.7. The summed E-state index contributed by atoms with van der Waals surface area (Å²) in [5.41, 5.74) is 0.829. The molecule has 1 aromatic heterocycles. The van der Waals surface area contributed by atoms with E-state index in [1.807, 2.05) is 6.07 Å². The molecule has 2 aliphatic rings. The van der Waals surface area contributed by atoms with Crippen molar-refractivity contribution < 1.29 is 9.90 Å². The van der Waals surface area contributed by atoms with Gasteiger partial charge >= 0.3 is 0 Å². The molecule has 6 nitrogen and oxygen atoms in total. The predicted molar refractivity (Wildman–Crippen MR) is 92.6 cm³/mol. The fourth-order valence-electron chi connectivity index (χ4n) is 4.16. The first kappa shape index (κ1) is 16.3. The Labute approximate surface area is 147 Å². The number of likely N-dealkylation sites (tertiary alicyclic amines) is 1. The molecule has 2 aromatic rings. The fourth-order valence-corrected chi connectivity index (χ4v) is 4.16. The van der Waals surface area contributed by atoms with Gasteiger partial charge in [0.15, 0.2) is 0 Å². The standard InChI is InChI=1S/C19H24N4O2/c24-18(11-14-9-16(10-14)15-5-2-1-3-6-15)23-8-4-7-19(25,13-23)17-12-20-22-21-17/h1-3,5-6,12,14,16,25H,4,7-11,13H2,(H,20,21,22)/t14?,16?,19-/m0/s1. The van der Waals surface area contributed by atoms with E-state index in [1.54, 1.807) is 11.1 Å². The zero-order valence-electron chi connectivity index (χ0n) is 14.3. The van der Waals surface area contributed by atoms with E-state index in [2.05, 4.69) is 39.7 Å². The lowest BCUT2D eigenvalue weighted by Crippen LogP contribution is -2.49. The van der Waals surface area contributed by atoms with E-state index >= 15 is 0 Å². The lowest BCUT2D eigenvalue weighted by molar-refractivity contribution is -0.140. The van der Waals surface area contributed by atoms with Crippen molar-refractivity contribution >= 4 is 5.91 Å². The first-order valence-corrected chi connectivity index (χ1v) is 9.05. The summed E-state index contributed by atoms with van der Waals surface area (Å²) in [7, 11) is 0. The SMILES string of the molecule is O=C(CC1CC(c2ccccc2)C1)N1CCC[C@@](O)(c2cn[nH]n2)C1. The minimum absolute atomic E-state index is 0.151. The summed E-state index contributed by atoms with van der Waals surface area (Å²) < 4.78 is 0. The summed E-state index contributed by atoms with van der Waals surface area (Å²) in [4.78, 5) is 14.5. The van der Waals surface area contributed by atoms with E-state index in [0.29, 0.717) is 43.5 Å². The summed E-state index contributed by atoms with van der Waals surface area (Å²) in [6, 6.07) is 10.5. The van der Waals surface area contributed by atoms with Gasteiger partial charge in [0.2, 0.25) is 5.91 Å². The summed E-state index contributed by atoms with van der Waals surface area (Å²) >= 11 is 0. The van der Waals surface area contributed by atoms with Gasteiger partial charge in [0.25, 0.3) is 0 Å². The molecule has 1 aromatic carbocycles. The van der Waals surface area contributed by atoms with Crippen molar-refractivity contribution in [1.29, 1.82) is 0 Å². The van der Waals surface area contributed by atoms with Crippen LogP contribution in [0.2, 0.25) is 0 Å². The van der Waals surface area contributed by atoms with Gasteiger partial charge in [-0.1, -0.05) is 30.3 Å². The van der Waals surface area contributed by atoms with Gasteiger partial charge in [-0.05, 0) is 43.1 Å². The average molecular weight is 340 g/mol. The lowest BCUT2D eigenvalue weighted by Gasteiger charge is -2.40. The molecular formula is C19H24N4O2. The summed E-state index contributed by atoms with van der Waals surface area (Å²) in [5.74, 6) is 1.20. The Balaban J connectivity index is 1.32. The lowest BCUT2D eigenvalue weighted by atomic mass is 9.70. The quantitative estimate of drug-likeness (QED) is 0.894. The van der Waals surface area contributed by atoms with Crippen molar-refractivity contribution in [2.45, 2.75) is 43.6 Å². The molecule has 1 aliphatic heterocycles. The van der Waals surface area contributed by atoms with Crippen molar-refractivity contribution in [3.8, 4) is 0 Å². The molecule has 1 saturated carbocycles. The molecule has 1 amide bonds. The molecule has 2 heterocycles. The van der Waals surface area contributed by atoms with Crippen LogP contribution in [-0.2, 0) is 10.4 Å². The van der Waals surface area contributed by atoms with Crippen LogP contribution < -0.4 is 0 Å². The number of aliphatic hydroxyl groups is 1. The van der Waals surface area contributed by atoms with Crippen LogP contribution in [0.25, 0.3) is 0 Å². The molecule has 6 heteroatoms. The minimum atomic E-state index is -1.08. The number of carbonyl (C=O) groups excluding carboxylic acids is 1. The second-order valence-electron chi connectivity index (χ2n) is 7.45. The van der Waals surface area contributed by atoms with Gasteiger partial charge in [0, 0.05) is 13.0 Å². The highest BCUT2D eigenvalue weighted by Gasteiger charge is 2.40. The van der Waals surface area contributed by atoms with Crippen molar-refractivity contribution in [2.75, 3.05) is 13.1 Å². The van der Waals surface area contributed by atoms with Crippen LogP contribution in [-0.4, -0.2) is 44.4 Å². The Morgan fingerprint density at radius 2 is 2.12 bits per heavy atom. The number of H-pyrrole nitrogens is 1. The Morgan fingerprint density at radius 1 is 1.32 bits per heavy atom. The summed E-state index contributed by atoms with van der Waals surface area (Å²) in [6.07, 6.45) is 5.69. The number of β-amino-alcohol motifs (C(OH)–C–C–N with tert-alkyl or cyclic N) is 1. The molecular weight excluding hydrogens is 316 g/mol. The number of benzene rings is 1. The van der Waals surface area contributed by atoms with Gasteiger partial charge in [-0.3, -0.25) is 4.79 Å². The smallest absolute Gasteiger partial charge is 0.222 e. The van der Waals surface area contributed by atoms with E-state index in [4.69, 9.17) is 0 Å². The zero-order valence-corrected chi connectivity index (χ0v) is 14.3. The summed E-state index contributed by atoms with van der Waals surface area (Å²) in [6.45, 7) is 1.03. The Kier molecular flexibility index (Phi) is 4.29. The van der Waals surface area contributed by atoms with Crippen molar-refractivity contribution in [3.63, 3.8) is 0 Å². The number of piperidine rings is 1. The third-order valence-electron chi connectivity index (χ3n) is 5.69. The molecule has 1 saturated heterocycles. The maximum atomic E-state index is 12.7. The van der Waals surface area contributed by atoms with E-state index in [1.165, 1.54) is 5.56 Å². The Bertz CT molecular complexity index is 712. The minimum Gasteiger partial charge on any atom is -0.382 e. The van der Waals surface area contributed by atoms with Crippen LogP contribution in [0.3, 0.4) is 0 Å². The van der Waals surface area contributed by atoms with Gasteiger partial charge in [-0.2, -0.15) is 15.4 Å². The molecule has 2 fully saturated rings. The molecule has 1 atom stereocenters. The Morgan fingerprint density at radius 3 is 2.84 bits per heavy atom. The molecule has 0 bridgehead atoms.